The minimum Gasteiger partial charge on any atom is -0.493 e. The van der Waals surface area contributed by atoms with Crippen molar-refractivity contribution >= 4 is 12.1 Å². The van der Waals surface area contributed by atoms with Crippen LogP contribution in [0.2, 0.25) is 0 Å². The van der Waals surface area contributed by atoms with Crippen LogP contribution in [-0.2, 0) is 0 Å². The highest BCUT2D eigenvalue weighted by atomic mass is 16.5. The van der Waals surface area contributed by atoms with Gasteiger partial charge in [-0.05, 0) is 36.4 Å². The van der Waals surface area contributed by atoms with E-state index >= 15 is 0 Å². The molecule has 2 aromatic rings. The van der Waals surface area contributed by atoms with Gasteiger partial charge in [0.15, 0.2) is 11.5 Å². The van der Waals surface area contributed by atoms with Crippen molar-refractivity contribution in [1.82, 2.24) is 5.43 Å². The second kappa shape index (κ2) is 8.36. The summed E-state index contributed by atoms with van der Waals surface area (Å²) in [5.74, 6) is 1.07. The fourth-order valence-electron chi connectivity index (χ4n) is 2.10. The average Bonchev–Trinajstić information content (AvgIpc) is 2.66. The lowest BCUT2D eigenvalue weighted by Crippen LogP contribution is -2.17. The van der Waals surface area contributed by atoms with E-state index in [-0.39, 0.29) is 5.91 Å². The molecule has 0 aliphatic heterocycles. The summed E-state index contributed by atoms with van der Waals surface area (Å²) in [4.78, 5) is 12.0. The predicted molar refractivity (Wildman–Crippen MR) is 92.3 cm³/mol. The third-order valence-corrected chi connectivity index (χ3v) is 3.34. The van der Waals surface area contributed by atoms with Crippen LogP contribution in [0, 0.1) is 11.3 Å². The number of amides is 1. The number of carbonyl (C=O) groups is 1. The summed E-state index contributed by atoms with van der Waals surface area (Å²) >= 11 is 0. The van der Waals surface area contributed by atoms with Gasteiger partial charge in [-0.3, -0.25) is 4.79 Å². The van der Waals surface area contributed by atoms with E-state index in [9.17, 15) is 4.79 Å². The standard InChI is InChI=1S/C18H17N3O4/c1-23-15-8-13(9-16(24-2)17(15)25-3)11-20-21-18(22)14-6-4-12(10-19)5-7-14/h4-9,11H,1-3H3,(H,21,22)/b20-11-. The van der Waals surface area contributed by atoms with Gasteiger partial charge in [0.1, 0.15) is 0 Å². The van der Waals surface area contributed by atoms with Crippen molar-refractivity contribution in [3.05, 3.63) is 53.1 Å². The largest absolute Gasteiger partial charge is 0.493 e. The Balaban J connectivity index is 2.13. The molecule has 2 aromatic carbocycles. The molecule has 0 heterocycles. The number of rotatable bonds is 6. The van der Waals surface area contributed by atoms with E-state index in [2.05, 4.69) is 10.5 Å². The van der Waals surface area contributed by atoms with Crippen LogP contribution in [0.25, 0.3) is 0 Å². The van der Waals surface area contributed by atoms with Crippen molar-refractivity contribution in [2.45, 2.75) is 0 Å². The molecule has 0 bridgehead atoms. The maximum atomic E-state index is 12.0. The summed E-state index contributed by atoms with van der Waals surface area (Å²) in [6.07, 6.45) is 1.46. The van der Waals surface area contributed by atoms with Gasteiger partial charge in [-0.1, -0.05) is 0 Å². The molecule has 0 unspecified atom stereocenters. The van der Waals surface area contributed by atoms with Crippen LogP contribution >= 0.6 is 0 Å². The molecule has 0 fully saturated rings. The first kappa shape index (κ1) is 17.8. The number of nitriles is 1. The number of hydrogen-bond acceptors (Lipinski definition) is 6. The average molecular weight is 339 g/mol. The fraction of sp³-hybridized carbons (Fsp3) is 0.167. The number of nitrogens with zero attached hydrogens (tertiary/aromatic N) is 2. The van der Waals surface area contributed by atoms with Gasteiger partial charge in [0, 0.05) is 11.1 Å². The first-order chi connectivity index (χ1) is 12.1. The van der Waals surface area contributed by atoms with Gasteiger partial charge in [0.05, 0.1) is 39.2 Å². The van der Waals surface area contributed by atoms with Crippen LogP contribution in [0.1, 0.15) is 21.5 Å². The number of hydrazone groups is 1. The van der Waals surface area contributed by atoms with Crippen molar-refractivity contribution in [2.24, 2.45) is 5.10 Å². The maximum absolute atomic E-state index is 12.0. The lowest BCUT2D eigenvalue weighted by atomic mass is 10.1. The van der Waals surface area contributed by atoms with Gasteiger partial charge in [-0.15, -0.1) is 0 Å². The van der Waals surface area contributed by atoms with E-state index in [0.29, 0.717) is 33.9 Å². The molecule has 0 aromatic heterocycles. The van der Waals surface area contributed by atoms with E-state index in [1.165, 1.54) is 27.5 Å². The third-order valence-electron chi connectivity index (χ3n) is 3.34. The van der Waals surface area contributed by atoms with Crippen molar-refractivity contribution in [3.8, 4) is 23.3 Å². The molecule has 0 atom stereocenters. The van der Waals surface area contributed by atoms with E-state index in [4.69, 9.17) is 19.5 Å². The van der Waals surface area contributed by atoms with Gasteiger partial charge in [0.2, 0.25) is 5.75 Å². The highest BCUT2D eigenvalue weighted by molar-refractivity contribution is 5.95. The molecule has 25 heavy (non-hydrogen) atoms. The van der Waals surface area contributed by atoms with Gasteiger partial charge in [-0.2, -0.15) is 10.4 Å². The summed E-state index contributed by atoms with van der Waals surface area (Å²) in [6, 6.07) is 11.7. The number of hydrogen-bond donors (Lipinski definition) is 1. The van der Waals surface area contributed by atoms with Gasteiger partial charge in [0.25, 0.3) is 5.91 Å². The lowest BCUT2D eigenvalue weighted by Gasteiger charge is -2.12. The number of methoxy groups -OCH3 is 3. The number of benzene rings is 2. The number of nitrogens with one attached hydrogen (secondary N) is 1. The van der Waals surface area contributed by atoms with Crippen LogP contribution < -0.4 is 19.6 Å². The maximum Gasteiger partial charge on any atom is 0.271 e. The zero-order valence-corrected chi connectivity index (χ0v) is 14.1. The Morgan fingerprint density at radius 2 is 1.68 bits per heavy atom. The Bertz CT molecular complexity index is 798. The fourth-order valence-corrected chi connectivity index (χ4v) is 2.10. The van der Waals surface area contributed by atoms with E-state index in [1.54, 1.807) is 36.4 Å². The van der Waals surface area contributed by atoms with Crippen LogP contribution in [0.3, 0.4) is 0 Å². The summed E-state index contributed by atoms with van der Waals surface area (Å²) in [5, 5.41) is 12.7. The first-order valence-corrected chi connectivity index (χ1v) is 7.26. The van der Waals surface area contributed by atoms with Crippen molar-refractivity contribution in [1.29, 1.82) is 5.26 Å². The van der Waals surface area contributed by atoms with Crippen LogP contribution in [0.4, 0.5) is 0 Å². The Kier molecular flexibility index (Phi) is 5.96. The second-order valence-electron chi connectivity index (χ2n) is 4.85. The molecule has 2 rings (SSSR count). The minimum atomic E-state index is -0.381. The van der Waals surface area contributed by atoms with Gasteiger partial charge >= 0.3 is 0 Å². The SMILES string of the molecule is COc1cc(/C=N\NC(=O)c2ccc(C#N)cc2)cc(OC)c1OC. The summed E-state index contributed by atoms with van der Waals surface area (Å²) in [7, 11) is 4.56. The van der Waals surface area contributed by atoms with E-state index < -0.39 is 0 Å². The number of carbonyl (C=O) groups excluding carboxylic acids is 1. The van der Waals surface area contributed by atoms with E-state index in [0.717, 1.165) is 0 Å². The smallest absolute Gasteiger partial charge is 0.271 e. The molecule has 1 N–H and O–H groups in total. The Labute approximate surface area is 145 Å². The highest BCUT2D eigenvalue weighted by Crippen LogP contribution is 2.37. The monoisotopic (exact) mass is 339 g/mol. The molecule has 0 aliphatic rings. The molecule has 0 aliphatic carbocycles. The molecule has 0 spiro atoms. The Hall–Kier alpha value is -3.53. The lowest BCUT2D eigenvalue weighted by molar-refractivity contribution is 0.0955. The Morgan fingerprint density at radius 1 is 1.08 bits per heavy atom. The summed E-state index contributed by atoms with van der Waals surface area (Å²) < 4.78 is 15.8. The molecular formula is C18H17N3O4. The Morgan fingerprint density at radius 3 is 2.16 bits per heavy atom. The zero-order chi connectivity index (χ0) is 18.2. The topological polar surface area (TPSA) is 92.9 Å². The van der Waals surface area contributed by atoms with Crippen LogP contribution in [0.5, 0.6) is 17.2 Å². The second-order valence-corrected chi connectivity index (χ2v) is 4.85. The van der Waals surface area contributed by atoms with Crippen molar-refractivity contribution < 1.29 is 19.0 Å². The van der Waals surface area contributed by atoms with E-state index in [1.807, 2.05) is 6.07 Å². The molecule has 0 saturated carbocycles. The third kappa shape index (κ3) is 4.26. The normalized spacial score (nSPS) is 10.2. The van der Waals surface area contributed by atoms with Crippen molar-refractivity contribution in [3.63, 3.8) is 0 Å². The molecule has 1 amide bonds. The molecule has 128 valence electrons. The molecule has 7 nitrogen and oxygen atoms in total. The zero-order valence-electron chi connectivity index (χ0n) is 14.1. The summed E-state index contributed by atoms with van der Waals surface area (Å²) in [6.45, 7) is 0. The van der Waals surface area contributed by atoms with Gasteiger partial charge in [-0.25, -0.2) is 5.43 Å². The predicted octanol–water partition coefficient (Wildman–Crippen LogP) is 2.35. The first-order valence-electron chi connectivity index (χ1n) is 7.26. The van der Waals surface area contributed by atoms with Crippen LogP contribution in [-0.4, -0.2) is 33.5 Å². The minimum absolute atomic E-state index is 0.381. The van der Waals surface area contributed by atoms with Gasteiger partial charge < -0.3 is 14.2 Å². The highest BCUT2D eigenvalue weighted by Gasteiger charge is 2.12. The number of ether oxygens (including phenoxy) is 3. The summed E-state index contributed by atoms with van der Waals surface area (Å²) in [5.41, 5.74) is 3.97. The molecule has 0 radical (unpaired) electrons. The molecular weight excluding hydrogens is 322 g/mol. The van der Waals surface area contributed by atoms with Crippen LogP contribution in [0.15, 0.2) is 41.5 Å². The molecule has 0 saturated heterocycles. The molecule has 7 heteroatoms. The van der Waals surface area contributed by atoms with Crippen molar-refractivity contribution in [2.75, 3.05) is 21.3 Å². The quantitative estimate of drug-likeness (QED) is 0.644.